The summed E-state index contributed by atoms with van der Waals surface area (Å²) in [6.45, 7) is 1.66. The molecule has 5 nitrogen and oxygen atoms in total. The van der Waals surface area contributed by atoms with E-state index in [0.29, 0.717) is 25.2 Å². The van der Waals surface area contributed by atoms with Gasteiger partial charge in [-0.05, 0) is 50.9 Å². The maximum absolute atomic E-state index is 11.8. The normalized spacial score (nSPS) is 22.5. The van der Waals surface area contributed by atoms with Crippen LogP contribution >= 0.6 is 0 Å². The number of amides is 1. The second-order valence-electron chi connectivity index (χ2n) is 5.74. The monoisotopic (exact) mass is 269 g/mol. The van der Waals surface area contributed by atoms with E-state index in [-0.39, 0.29) is 5.91 Å². The average molecular weight is 269 g/mol. The highest BCUT2D eigenvalue weighted by Crippen LogP contribution is 2.32. The van der Waals surface area contributed by atoms with Gasteiger partial charge in [-0.25, -0.2) is 4.79 Å². The van der Waals surface area contributed by atoms with Crippen molar-refractivity contribution in [3.8, 4) is 0 Å². The molecule has 1 saturated heterocycles. The lowest BCUT2D eigenvalue weighted by Crippen LogP contribution is -2.59. The first-order valence-electron chi connectivity index (χ1n) is 7.24. The molecule has 1 aliphatic carbocycles. The van der Waals surface area contributed by atoms with Crippen molar-refractivity contribution in [2.75, 3.05) is 13.2 Å². The van der Waals surface area contributed by atoms with Gasteiger partial charge in [-0.1, -0.05) is 0 Å². The van der Waals surface area contributed by atoms with Crippen molar-refractivity contribution in [1.82, 2.24) is 5.32 Å². The summed E-state index contributed by atoms with van der Waals surface area (Å²) in [6, 6.07) is 0. The highest BCUT2D eigenvalue weighted by molar-refractivity contribution is 5.87. The van der Waals surface area contributed by atoms with Crippen molar-refractivity contribution in [2.45, 2.75) is 56.9 Å². The highest BCUT2D eigenvalue weighted by atomic mass is 16.5. The van der Waals surface area contributed by atoms with Crippen molar-refractivity contribution < 1.29 is 19.4 Å². The van der Waals surface area contributed by atoms with Crippen LogP contribution in [0.1, 0.15) is 51.4 Å². The molecule has 0 aromatic carbocycles. The maximum Gasteiger partial charge on any atom is 0.329 e. The minimum absolute atomic E-state index is 0.117. The number of carbonyl (C=O) groups excluding carboxylic acids is 1. The lowest BCUT2D eigenvalue weighted by molar-refractivity contribution is -0.151. The van der Waals surface area contributed by atoms with Crippen LogP contribution in [0.25, 0.3) is 0 Å². The lowest BCUT2D eigenvalue weighted by atomic mass is 9.76. The summed E-state index contributed by atoms with van der Waals surface area (Å²) in [4.78, 5) is 22.9. The molecule has 2 N–H and O–H groups in total. The first kappa shape index (κ1) is 14.3. The standard InChI is InChI=1S/C14H23NO4/c16-12(15-14(13(17)18)7-2-8-14)4-1-3-11-5-9-19-10-6-11/h11H,1-10H2,(H,15,16)(H,17,18). The van der Waals surface area contributed by atoms with Crippen molar-refractivity contribution in [2.24, 2.45) is 5.92 Å². The quantitative estimate of drug-likeness (QED) is 0.769. The molecule has 0 bridgehead atoms. The smallest absolute Gasteiger partial charge is 0.329 e. The second-order valence-corrected chi connectivity index (χ2v) is 5.74. The Hall–Kier alpha value is -1.10. The van der Waals surface area contributed by atoms with Gasteiger partial charge in [0.15, 0.2) is 0 Å². The Balaban J connectivity index is 1.65. The number of hydrogen-bond donors (Lipinski definition) is 2. The molecule has 1 heterocycles. The number of carboxylic acids is 1. The summed E-state index contributed by atoms with van der Waals surface area (Å²) in [5.41, 5.74) is -0.963. The fourth-order valence-corrected chi connectivity index (χ4v) is 2.84. The third-order valence-electron chi connectivity index (χ3n) is 4.35. The summed E-state index contributed by atoms with van der Waals surface area (Å²) in [5, 5.41) is 11.8. The van der Waals surface area contributed by atoms with E-state index in [1.807, 2.05) is 0 Å². The molecular formula is C14H23NO4. The molecule has 108 valence electrons. The average Bonchev–Trinajstić information content (AvgIpc) is 2.34. The summed E-state index contributed by atoms with van der Waals surface area (Å²) in [7, 11) is 0. The third-order valence-corrected chi connectivity index (χ3v) is 4.35. The van der Waals surface area contributed by atoms with Gasteiger partial charge in [-0.3, -0.25) is 4.79 Å². The number of rotatable bonds is 6. The fourth-order valence-electron chi connectivity index (χ4n) is 2.84. The number of nitrogens with one attached hydrogen (secondary N) is 1. The zero-order valence-corrected chi connectivity index (χ0v) is 11.3. The predicted octanol–water partition coefficient (Wildman–Crippen LogP) is 1.71. The van der Waals surface area contributed by atoms with Crippen molar-refractivity contribution >= 4 is 11.9 Å². The van der Waals surface area contributed by atoms with Gasteiger partial charge in [0.2, 0.25) is 5.91 Å². The van der Waals surface area contributed by atoms with E-state index in [2.05, 4.69) is 5.32 Å². The topological polar surface area (TPSA) is 75.6 Å². The Labute approximate surface area is 113 Å². The van der Waals surface area contributed by atoms with Crippen LogP contribution in [0.2, 0.25) is 0 Å². The number of aliphatic carboxylic acids is 1. The van der Waals surface area contributed by atoms with Crippen molar-refractivity contribution in [3.05, 3.63) is 0 Å². The molecule has 1 aliphatic heterocycles. The van der Waals surface area contributed by atoms with Crippen LogP contribution in [0.3, 0.4) is 0 Å². The highest BCUT2D eigenvalue weighted by Gasteiger charge is 2.45. The Morgan fingerprint density at radius 2 is 1.95 bits per heavy atom. The van der Waals surface area contributed by atoms with Gasteiger partial charge < -0.3 is 15.2 Å². The van der Waals surface area contributed by atoms with Crippen LogP contribution in [-0.4, -0.2) is 35.7 Å². The molecule has 19 heavy (non-hydrogen) atoms. The zero-order chi connectivity index (χ0) is 13.7. The second kappa shape index (κ2) is 6.37. The molecule has 0 unspecified atom stereocenters. The zero-order valence-electron chi connectivity index (χ0n) is 11.3. The molecule has 0 radical (unpaired) electrons. The maximum atomic E-state index is 11.8. The summed E-state index contributed by atoms with van der Waals surface area (Å²) in [5.74, 6) is -0.343. The molecule has 0 atom stereocenters. The summed E-state index contributed by atoms with van der Waals surface area (Å²) in [6.07, 6.45) is 6.49. The SMILES string of the molecule is O=C(CCCC1CCOCC1)NC1(C(=O)O)CCC1. The van der Waals surface area contributed by atoms with E-state index in [1.165, 1.54) is 0 Å². The van der Waals surface area contributed by atoms with Crippen LogP contribution in [0.15, 0.2) is 0 Å². The molecule has 1 saturated carbocycles. The van der Waals surface area contributed by atoms with Crippen LogP contribution in [-0.2, 0) is 14.3 Å². The van der Waals surface area contributed by atoms with Gasteiger partial charge in [0.25, 0.3) is 0 Å². The van der Waals surface area contributed by atoms with Gasteiger partial charge in [-0.2, -0.15) is 0 Å². The summed E-state index contributed by atoms with van der Waals surface area (Å²) >= 11 is 0. The molecule has 5 heteroatoms. The van der Waals surface area contributed by atoms with Crippen LogP contribution in [0.5, 0.6) is 0 Å². The van der Waals surface area contributed by atoms with Crippen LogP contribution < -0.4 is 5.32 Å². The third kappa shape index (κ3) is 3.69. The van der Waals surface area contributed by atoms with E-state index in [0.717, 1.165) is 45.3 Å². The predicted molar refractivity (Wildman–Crippen MR) is 69.8 cm³/mol. The van der Waals surface area contributed by atoms with Gasteiger partial charge in [-0.15, -0.1) is 0 Å². The molecule has 1 amide bonds. The van der Waals surface area contributed by atoms with Crippen LogP contribution in [0.4, 0.5) is 0 Å². The Morgan fingerprint density at radius 3 is 2.47 bits per heavy atom. The molecular weight excluding hydrogens is 246 g/mol. The Kier molecular flexibility index (Phi) is 4.80. The van der Waals surface area contributed by atoms with E-state index >= 15 is 0 Å². The number of carboxylic acid groups (broad SMARTS) is 1. The molecule has 2 rings (SSSR count). The minimum Gasteiger partial charge on any atom is -0.480 e. The van der Waals surface area contributed by atoms with Crippen molar-refractivity contribution in [1.29, 1.82) is 0 Å². The van der Waals surface area contributed by atoms with E-state index < -0.39 is 11.5 Å². The molecule has 0 aromatic heterocycles. The molecule has 0 aromatic rings. The molecule has 0 spiro atoms. The van der Waals surface area contributed by atoms with Crippen molar-refractivity contribution in [3.63, 3.8) is 0 Å². The largest absolute Gasteiger partial charge is 0.480 e. The first-order chi connectivity index (χ1) is 9.12. The van der Waals surface area contributed by atoms with Gasteiger partial charge in [0.05, 0.1) is 0 Å². The van der Waals surface area contributed by atoms with E-state index in [4.69, 9.17) is 9.84 Å². The van der Waals surface area contributed by atoms with Gasteiger partial charge in [0, 0.05) is 19.6 Å². The Morgan fingerprint density at radius 1 is 1.26 bits per heavy atom. The number of ether oxygens (including phenoxy) is 1. The van der Waals surface area contributed by atoms with Gasteiger partial charge in [0.1, 0.15) is 5.54 Å². The number of carbonyl (C=O) groups is 2. The molecule has 2 fully saturated rings. The number of hydrogen-bond acceptors (Lipinski definition) is 3. The molecule has 2 aliphatic rings. The first-order valence-corrected chi connectivity index (χ1v) is 7.24. The Bertz CT molecular complexity index is 332. The van der Waals surface area contributed by atoms with Gasteiger partial charge >= 0.3 is 5.97 Å². The van der Waals surface area contributed by atoms with Crippen LogP contribution in [0, 0.1) is 5.92 Å². The summed E-state index contributed by atoms with van der Waals surface area (Å²) < 4.78 is 5.30. The fraction of sp³-hybridized carbons (Fsp3) is 0.857. The van der Waals surface area contributed by atoms with E-state index in [9.17, 15) is 9.59 Å². The lowest BCUT2D eigenvalue weighted by Gasteiger charge is -2.38. The minimum atomic E-state index is -0.963. The van der Waals surface area contributed by atoms with E-state index in [1.54, 1.807) is 0 Å².